The fourth-order valence-corrected chi connectivity index (χ4v) is 5.46. The third kappa shape index (κ3) is 2.98. The zero-order valence-corrected chi connectivity index (χ0v) is 15.1. The van der Waals surface area contributed by atoms with Crippen molar-refractivity contribution < 1.29 is 12.9 Å². The molecule has 1 atom stereocenters. The van der Waals surface area contributed by atoms with Crippen molar-refractivity contribution in [3.63, 3.8) is 0 Å². The molecule has 0 spiro atoms. The minimum atomic E-state index is -3.62. The Morgan fingerprint density at radius 3 is 2.54 bits per heavy atom. The van der Waals surface area contributed by atoms with Gasteiger partial charge in [0.05, 0.1) is 6.07 Å². The van der Waals surface area contributed by atoms with E-state index in [9.17, 15) is 13.7 Å². The van der Waals surface area contributed by atoms with E-state index < -0.39 is 10.0 Å². The fraction of sp³-hybridized carbons (Fsp3) is 0.467. The molecule has 1 aliphatic rings. The number of piperazine rings is 1. The first kappa shape index (κ1) is 17.1. The van der Waals surface area contributed by atoms with E-state index in [2.05, 4.69) is 11.2 Å². The Hall–Kier alpha value is -1.73. The molecule has 0 saturated carbocycles. The maximum absolute atomic E-state index is 12.8. The van der Waals surface area contributed by atoms with Crippen LogP contribution in [0.1, 0.15) is 22.4 Å². The highest BCUT2D eigenvalue weighted by molar-refractivity contribution is 7.89. The van der Waals surface area contributed by atoms with Gasteiger partial charge in [-0.1, -0.05) is 11.2 Å². The van der Waals surface area contributed by atoms with Crippen molar-refractivity contribution in [1.82, 2.24) is 14.4 Å². The van der Waals surface area contributed by atoms with Gasteiger partial charge in [-0.25, -0.2) is 8.42 Å². The summed E-state index contributed by atoms with van der Waals surface area (Å²) in [5.74, 6) is 0.309. The average molecular weight is 366 g/mol. The van der Waals surface area contributed by atoms with Gasteiger partial charge in [0, 0.05) is 31.1 Å². The first-order valence-corrected chi connectivity index (χ1v) is 9.87. The number of hydrogen-bond donors (Lipinski definition) is 0. The summed E-state index contributed by atoms with van der Waals surface area (Å²) in [6.07, 6.45) is 0. The van der Waals surface area contributed by atoms with E-state index in [0.717, 1.165) is 4.88 Å². The van der Waals surface area contributed by atoms with E-state index in [1.165, 1.54) is 4.31 Å². The van der Waals surface area contributed by atoms with Crippen LogP contribution in [0.15, 0.2) is 26.9 Å². The molecule has 1 unspecified atom stereocenters. The third-order valence-electron chi connectivity index (χ3n) is 4.14. The summed E-state index contributed by atoms with van der Waals surface area (Å²) in [5, 5.41) is 15.1. The molecule has 0 aromatic carbocycles. The Bertz CT molecular complexity index is 824. The van der Waals surface area contributed by atoms with E-state index in [1.807, 2.05) is 22.4 Å². The van der Waals surface area contributed by atoms with Crippen molar-refractivity contribution in [2.75, 3.05) is 26.2 Å². The second kappa shape index (κ2) is 6.64. The molecule has 7 nitrogen and oxygen atoms in total. The van der Waals surface area contributed by atoms with E-state index in [1.54, 1.807) is 25.2 Å². The minimum Gasteiger partial charge on any atom is -0.360 e. The maximum Gasteiger partial charge on any atom is 0.248 e. The molecule has 3 heterocycles. The summed E-state index contributed by atoms with van der Waals surface area (Å²) >= 11 is 1.54. The van der Waals surface area contributed by atoms with Gasteiger partial charge in [0.2, 0.25) is 10.0 Å². The van der Waals surface area contributed by atoms with Gasteiger partial charge in [0.1, 0.15) is 16.6 Å². The molecule has 128 valence electrons. The average Bonchev–Trinajstić information content (AvgIpc) is 3.19. The molecular formula is C15H18N4O3S2. The van der Waals surface area contributed by atoms with Gasteiger partial charge in [-0.3, -0.25) is 4.90 Å². The predicted molar refractivity (Wildman–Crippen MR) is 89.0 cm³/mol. The molecule has 0 N–H and O–H groups in total. The third-order valence-corrected chi connectivity index (χ3v) is 7.21. The first-order chi connectivity index (χ1) is 11.4. The van der Waals surface area contributed by atoms with Crippen LogP contribution in [0.3, 0.4) is 0 Å². The standard InChI is InChI=1S/C15H18N4O3S2/c1-11-15(12(2)22-17-11)24(20,21)19-7-5-18(6-8-19)13(10-16)14-4-3-9-23-14/h3-4,9,13H,5-8H2,1-2H3. The summed E-state index contributed by atoms with van der Waals surface area (Å²) in [6, 6.07) is 5.85. The van der Waals surface area contributed by atoms with Crippen LogP contribution in [-0.2, 0) is 10.0 Å². The van der Waals surface area contributed by atoms with E-state index >= 15 is 0 Å². The lowest BCUT2D eigenvalue weighted by Gasteiger charge is -2.35. The van der Waals surface area contributed by atoms with Crippen molar-refractivity contribution in [3.8, 4) is 6.07 Å². The van der Waals surface area contributed by atoms with Crippen molar-refractivity contribution >= 4 is 21.4 Å². The zero-order chi connectivity index (χ0) is 17.3. The van der Waals surface area contributed by atoms with Gasteiger partial charge in [-0.15, -0.1) is 11.3 Å². The van der Waals surface area contributed by atoms with Crippen molar-refractivity contribution in [1.29, 1.82) is 5.26 Å². The number of hydrogen-bond acceptors (Lipinski definition) is 7. The Labute approximate surface area is 145 Å². The largest absolute Gasteiger partial charge is 0.360 e. The molecule has 0 aliphatic carbocycles. The summed E-state index contributed by atoms with van der Waals surface area (Å²) in [4.78, 5) is 3.16. The topological polar surface area (TPSA) is 90.4 Å². The Morgan fingerprint density at radius 1 is 1.33 bits per heavy atom. The normalized spacial score (nSPS) is 18.4. The molecule has 1 fully saturated rings. The lowest BCUT2D eigenvalue weighted by atomic mass is 10.2. The highest BCUT2D eigenvalue weighted by Gasteiger charge is 2.35. The maximum atomic E-state index is 12.8. The molecular weight excluding hydrogens is 348 g/mol. The minimum absolute atomic E-state index is 0.158. The van der Waals surface area contributed by atoms with Crippen LogP contribution >= 0.6 is 11.3 Å². The Morgan fingerprint density at radius 2 is 2.04 bits per heavy atom. The number of thiophene rings is 1. The van der Waals surface area contributed by atoms with Gasteiger partial charge in [0.15, 0.2) is 5.76 Å². The van der Waals surface area contributed by atoms with Crippen LogP contribution in [0.4, 0.5) is 0 Å². The van der Waals surface area contributed by atoms with Crippen molar-refractivity contribution in [2.45, 2.75) is 24.8 Å². The molecule has 0 radical (unpaired) electrons. The SMILES string of the molecule is Cc1noc(C)c1S(=O)(=O)N1CCN(C(C#N)c2cccs2)CC1. The number of aryl methyl sites for hydroxylation is 2. The number of sulfonamides is 1. The lowest BCUT2D eigenvalue weighted by molar-refractivity contribution is 0.164. The van der Waals surface area contributed by atoms with Gasteiger partial charge in [0.25, 0.3) is 0 Å². The zero-order valence-electron chi connectivity index (χ0n) is 13.5. The molecule has 9 heteroatoms. The van der Waals surface area contributed by atoms with E-state index in [0.29, 0.717) is 37.6 Å². The molecule has 0 bridgehead atoms. The number of nitrogens with zero attached hydrogens (tertiary/aromatic N) is 4. The van der Waals surface area contributed by atoms with Crippen molar-refractivity contribution in [3.05, 3.63) is 33.8 Å². The molecule has 1 saturated heterocycles. The van der Waals surface area contributed by atoms with Gasteiger partial charge in [-0.2, -0.15) is 9.57 Å². The highest BCUT2D eigenvalue weighted by atomic mass is 32.2. The van der Waals surface area contributed by atoms with Gasteiger partial charge < -0.3 is 4.52 Å². The first-order valence-electron chi connectivity index (χ1n) is 7.55. The summed E-state index contributed by atoms with van der Waals surface area (Å²) in [6.45, 7) is 4.94. The Kier molecular flexibility index (Phi) is 4.73. The quantitative estimate of drug-likeness (QED) is 0.821. The van der Waals surface area contributed by atoms with E-state index in [-0.39, 0.29) is 10.9 Å². The summed E-state index contributed by atoms with van der Waals surface area (Å²) in [7, 11) is -3.62. The molecule has 24 heavy (non-hydrogen) atoms. The fourth-order valence-electron chi connectivity index (χ4n) is 2.95. The molecule has 2 aromatic rings. The van der Waals surface area contributed by atoms with Crippen LogP contribution in [0, 0.1) is 25.2 Å². The molecule has 1 aliphatic heterocycles. The number of rotatable bonds is 4. The van der Waals surface area contributed by atoms with Crippen molar-refractivity contribution in [2.24, 2.45) is 0 Å². The van der Waals surface area contributed by atoms with Crippen LogP contribution in [0.2, 0.25) is 0 Å². The number of nitriles is 1. The van der Waals surface area contributed by atoms with Gasteiger partial charge in [-0.05, 0) is 25.3 Å². The monoisotopic (exact) mass is 366 g/mol. The second-order valence-corrected chi connectivity index (χ2v) is 8.49. The smallest absolute Gasteiger partial charge is 0.248 e. The van der Waals surface area contributed by atoms with Gasteiger partial charge >= 0.3 is 0 Å². The summed E-state index contributed by atoms with van der Waals surface area (Å²) in [5.41, 5.74) is 0.378. The number of aromatic nitrogens is 1. The van der Waals surface area contributed by atoms with Crippen LogP contribution in [0.5, 0.6) is 0 Å². The lowest BCUT2D eigenvalue weighted by Crippen LogP contribution is -2.49. The molecule has 0 amide bonds. The van der Waals surface area contributed by atoms with Crippen LogP contribution in [0.25, 0.3) is 0 Å². The molecule has 3 rings (SSSR count). The molecule has 2 aromatic heterocycles. The van der Waals surface area contributed by atoms with Crippen LogP contribution in [-0.4, -0.2) is 49.0 Å². The summed E-state index contributed by atoms with van der Waals surface area (Å²) < 4.78 is 32.1. The highest BCUT2D eigenvalue weighted by Crippen LogP contribution is 2.28. The van der Waals surface area contributed by atoms with E-state index in [4.69, 9.17) is 4.52 Å². The Balaban J connectivity index is 1.75. The van der Waals surface area contributed by atoms with Crippen LogP contribution < -0.4 is 0 Å². The predicted octanol–water partition coefficient (Wildman–Crippen LogP) is 1.92. The second-order valence-electron chi connectivity index (χ2n) is 5.64.